The second-order valence-electron chi connectivity index (χ2n) is 7.21. The molecular formula is C18H27NO. The predicted octanol–water partition coefficient (Wildman–Crippen LogP) is 4.77. The van der Waals surface area contributed by atoms with Crippen molar-refractivity contribution in [3.63, 3.8) is 0 Å². The Balaban J connectivity index is 1.80. The quantitative estimate of drug-likeness (QED) is 0.838. The molecule has 110 valence electrons. The lowest BCUT2D eigenvalue weighted by Crippen LogP contribution is -2.48. The highest BCUT2D eigenvalue weighted by atomic mass is 16.5. The van der Waals surface area contributed by atoms with Gasteiger partial charge in [-0.05, 0) is 49.1 Å². The van der Waals surface area contributed by atoms with Gasteiger partial charge in [-0.15, -0.1) is 0 Å². The highest BCUT2D eigenvalue weighted by Crippen LogP contribution is 2.45. The van der Waals surface area contributed by atoms with E-state index in [-0.39, 0.29) is 0 Å². The van der Waals surface area contributed by atoms with Gasteiger partial charge in [0, 0.05) is 0 Å². The van der Waals surface area contributed by atoms with Crippen LogP contribution < -0.4 is 10.1 Å². The summed E-state index contributed by atoms with van der Waals surface area (Å²) in [7, 11) is 0. The number of hydrogen-bond donors (Lipinski definition) is 1. The topological polar surface area (TPSA) is 21.3 Å². The molecule has 1 aliphatic carbocycles. The van der Waals surface area contributed by atoms with Gasteiger partial charge in [0.15, 0.2) is 0 Å². The van der Waals surface area contributed by atoms with Gasteiger partial charge in [-0.2, -0.15) is 0 Å². The Hall–Kier alpha value is -1.18. The van der Waals surface area contributed by atoms with Crippen molar-refractivity contribution < 1.29 is 4.74 Å². The first-order chi connectivity index (χ1) is 9.51. The van der Waals surface area contributed by atoms with Crippen LogP contribution in [0.2, 0.25) is 0 Å². The van der Waals surface area contributed by atoms with Crippen LogP contribution in [0, 0.1) is 18.3 Å². The first-order valence-electron chi connectivity index (χ1n) is 8.04. The average Bonchev–Trinajstić information content (AvgIpc) is 2.45. The van der Waals surface area contributed by atoms with Crippen LogP contribution >= 0.6 is 0 Å². The Morgan fingerprint density at radius 1 is 1.30 bits per heavy atom. The molecule has 2 nitrogen and oxygen atoms in total. The summed E-state index contributed by atoms with van der Waals surface area (Å²) in [6, 6.07) is 6.81. The largest absolute Gasteiger partial charge is 0.486 e. The Morgan fingerprint density at radius 2 is 2.10 bits per heavy atom. The second kappa shape index (κ2) is 4.98. The van der Waals surface area contributed by atoms with Crippen molar-refractivity contribution in [3.8, 4) is 5.75 Å². The van der Waals surface area contributed by atoms with E-state index in [4.69, 9.17) is 4.74 Å². The fourth-order valence-corrected chi connectivity index (χ4v) is 3.71. The van der Waals surface area contributed by atoms with Crippen molar-refractivity contribution in [1.82, 2.24) is 0 Å². The molecule has 3 atom stereocenters. The maximum absolute atomic E-state index is 6.25. The number of benzene rings is 1. The van der Waals surface area contributed by atoms with Crippen LogP contribution in [0.1, 0.15) is 52.0 Å². The van der Waals surface area contributed by atoms with Gasteiger partial charge in [-0.1, -0.05) is 39.3 Å². The van der Waals surface area contributed by atoms with E-state index in [0.717, 1.165) is 11.7 Å². The number of hydrogen-bond acceptors (Lipinski definition) is 2. The second-order valence-corrected chi connectivity index (χ2v) is 7.21. The van der Waals surface area contributed by atoms with E-state index < -0.39 is 0 Å². The summed E-state index contributed by atoms with van der Waals surface area (Å²) < 4.78 is 6.25. The summed E-state index contributed by atoms with van der Waals surface area (Å²) in [5.41, 5.74) is 2.94. The zero-order valence-corrected chi connectivity index (χ0v) is 13.2. The number of anilines is 1. The molecule has 1 N–H and O–H groups in total. The summed E-state index contributed by atoms with van der Waals surface area (Å²) >= 11 is 0. The molecule has 0 spiro atoms. The van der Waals surface area contributed by atoms with E-state index in [0.29, 0.717) is 17.6 Å². The Bertz CT molecular complexity index is 494. The summed E-state index contributed by atoms with van der Waals surface area (Å²) in [6.45, 7) is 9.31. The summed E-state index contributed by atoms with van der Waals surface area (Å²) in [6.07, 6.45) is 5.32. The molecule has 0 saturated heterocycles. The molecule has 3 rings (SSSR count). The fourth-order valence-electron chi connectivity index (χ4n) is 3.71. The van der Waals surface area contributed by atoms with Gasteiger partial charge < -0.3 is 10.1 Å². The number of aryl methyl sites for hydroxylation is 1. The van der Waals surface area contributed by atoms with Gasteiger partial charge in [0.1, 0.15) is 11.9 Å². The number of ether oxygens (including phenoxy) is 1. The monoisotopic (exact) mass is 273 g/mol. The zero-order valence-electron chi connectivity index (χ0n) is 13.2. The van der Waals surface area contributed by atoms with Crippen molar-refractivity contribution in [2.75, 3.05) is 5.32 Å². The smallest absolute Gasteiger partial charge is 0.143 e. The normalized spacial score (nSPS) is 28.9. The number of para-hydroxylation sites is 1. The van der Waals surface area contributed by atoms with Gasteiger partial charge in [0.2, 0.25) is 0 Å². The SMILES string of the molecule is CCC(C)(C)C1CCC2Oc3cccc(C)c3NC2C1. The van der Waals surface area contributed by atoms with Crippen LogP contribution in [0.3, 0.4) is 0 Å². The third kappa shape index (κ3) is 2.30. The van der Waals surface area contributed by atoms with E-state index in [1.165, 1.54) is 36.9 Å². The molecule has 1 aromatic carbocycles. The molecule has 2 aliphatic rings. The Morgan fingerprint density at radius 3 is 2.85 bits per heavy atom. The van der Waals surface area contributed by atoms with Crippen molar-refractivity contribution in [2.24, 2.45) is 11.3 Å². The first-order valence-corrected chi connectivity index (χ1v) is 8.04. The summed E-state index contributed by atoms with van der Waals surface area (Å²) in [5, 5.41) is 3.77. The lowest BCUT2D eigenvalue weighted by Gasteiger charge is -2.45. The van der Waals surface area contributed by atoms with Crippen LogP contribution in [-0.2, 0) is 0 Å². The van der Waals surface area contributed by atoms with Crippen LogP contribution in [0.4, 0.5) is 5.69 Å². The maximum atomic E-state index is 6.25. The molecule has 1 fully saturated rings. The minimum atomic E-state index is 0.355. The van der Waals surface area contributed by atoms with Gasteiger partial charge in [0.05, 0.1) is 11.7 Å². The molecule has 1 heterocycles. The number of fused-ring (bicyclic) bond motifs is 2. The van der Waals surface area contributed by atoms with E-state index in [2.05, 4.69) is 51.2 Å². The Kier molecular flexibility index (Phi) is 3.43. The highest BCUT2D eigenvalue weighted by Gasteiger charge is 2.40. The van der Waals surface area contributed by atoms with E-state index in [1.807, 2.05) is 0 Å². The molecule has 0 radical (unpaired) electrons. The van der Waals surface area contributed by atoms with Crippen molar-refractivity contribution in [2.45, 2.75) is 65.5 Å². The molecule has 0 amide bonds. The molecule has 20 heavy (non-hydrogen) atoms. The molecule has 3 unspecified atom stereocenters. The van der Waals surface area contributed by atoms with Crippen LogP contribution in [0.15, 0.2) is 18.2 Å². The van der Waals surface area contributed by atoms with Crippen LogP contribution in [0.5, 0.6) is 5.75 Å². The van der Waals surface area contributed by atoms with Gasteiger partial charge in [0.25, 0.3) is 0 Å². The van der Waals surface area contributed by atoms with Gasteiger partial charge in [-0.3, -0.25) is 0 Å². The molecular weight excluding hydrogens is 246 g/mol. The van der Waals surface area contributed by atoms with Gasteiger partial charge >= 0.3 is 0 Å². The predicted molar refractivity (Wildman–Crippen MR) is 84.4 cm³/mol. The number of rotatable bonds is 2. The van der Waals surface area contributed by atoms with E-state index in [1.54, 1.807) is 0 Å². The minimum Gasteiger partial charge on any atom is -0.486 e. The fraction of sp³-hybridized carbons (Fsp3) is 0.667. The molecule has 2 heteroatoms. The standard InChI is InChI=1S/C18H27NO/c1-5-18(3,4)13-9-10-15-14(11-13)19-17-12(2)7-6-8-16(17)20-15/h6-8,13-15,19H,5,9-11H2,1-4H3. The summed E-state index contributed by atoms with van der Waals surface area (Å²) in [5.74, 6) is 1.84. The highest BCUT2D eigenvalue weighted by molar-refractivity contribution is 5.63. The summed E-state index contributed by atoms with van der Waals surface area (Å²) in [4.78, 5) is 0. The van der Waals surface area contributed by atoms with Crippen LogP contribution in [0.25, 0.3) is 0 Å². The molecule has 0 bridgehead atoms. The third-order valence-electron chi connectivity index (χ3n) is 5.65. The minimum absolute atomic E-state index is 0.355. The van der Waals surface area contributed by atoms with E-state index >= 15 is 0 Å². The van der Waals surface area contributed by atoms with Crippen LogP contribution in [-0.4, -0.2) is 12.1 Å². The zero-order chi connectivity index (χ0) is 14.3. The van der Waals surface area contributed by atoms with Crippen molar-refractivity contribution in [3.05, 3.63) is 23.8 Å². The molecule has 1 aromatic rings. The Labute approximate surface area is 122 Å². The van der Waals surface area contributed by atoms with E-state index in [9.17, 15) is 0 Å². The van der Waals surface area contributed by atoms with Gasteiger partial charge in [-0.25, -0.2) is 0 Å². The average molecular weight is 273 g/mol. The lowest BCUT2D eigenvalue weighted by atomic mass is 9.67. The first kappa shape index (κ1) is 13.8. The number of nitrogens with one attached hydrogen (secondary N) is 1. The molecule has 1 saturated carbocycles. The molecule has 1 aliphatic heterocycles. The lowest BCUT2D eigenvalue weighted by molar-refractivity contribution is 0.0612. The van der Waals surface area contributed by atoms with Crippen molar-refractivity contribution in [1.29, 1.82) is 0 Å². The van der Waals surface area contributed by atoms with Crippen molar-refractivity contribution >= 4 is 5.69 Å². The molecule has 0 aromatic heterocycles. The maximum Gasteiger partial charge on any atom is 0.143 e. The third-order valence-corrected chi connectivity index (χ3v) is 5.65.